The molecule has 0 saturated heterocycles. The SMILES string of the molecule is CC(C)(C)[S@@+]([O-])Nc1cc(Cl)ccc1Cl. The summed E-state index contributed by atoms with van der Waals surface area (Å²) >= 11 is 10.6. The van der Waals surface area contributed by atoms with Crippen molar-refractivity contribution in [2.45, 2.75) is 25.5 Å². The van der Waals surface area contributed by atoms with Gasteiger partial charge in [0.05, 0.1) is 16.4 Å². The van der Waals surface area contributed by atoms with Crippen LogP contribution in [-0.4, -0.2) is 9.30 Å². The van der Waals surface area contributed by atoms with Crippen molar-refractivity contribution in [3.05, 3.63) is 28.2 Å². The van der Waals surface area contributed by atoms with Crippen molar-refractivity contribution >= 4 is 40.3 Å². The van der Waals surface area contributed by atoms with E-state index in [0.29, 0.717) is 15.7 Å². The van der Waals surface area contributed by atoms with Crippen LogP contribution in [0, 0.1) is 0 Å². The van der Waals surface area contributed by atoms with Gasteiger partial charge in [0.25, 0.3) is 0 Å². The van der Waals surface area contributed by atoms with E-state index in [0.717, 1.165) is 0 Å². The van der Waals surface area contributed by atoms with Crippen molar-refractivity contribution in [1.29, 1.82) is 0 Å². The molecule has 0 heterocycles. The summed E-state index contributed by atoms with van der Waals surface area (Å²) in [6.07, 6.45) is 0. The first-order valence-corrected chi connectivity index (χ1v) is 6.35. The normalized spacial score (nSPS) is 13.7. The van der Waals surface area contributed by atoms with Gasteiger partial charge in [0.15, 0.2) is 0 Å². The first kappa shape index (κ1) is 13.0. The summed E-state index contributed by atoms with van der Waals surface area (Å²) in [6, 6.07) is 5.02. The van der Waals surface area contributed by atoms with Gasteiger partial charge >= 0.3 is 0 Å². The Kier molecular flexibility index (Phi) is 4.18. The highest BCUT2D eigenvalue weighted by Gasteiger charge is 2.27. The molecule has 0 radical (unpaired) electrons. The number of hydrogen-bond acceptors (Lipinski definition) is 2. The van der Waals surface area contributed by atoms with Gasteiger partial charge in [-0.25, -0.2) is 4.72 Å². The molecule has 1 aromatic rings. The molecule has 5 heteroatoms. The summed E-state index contributed by atoms with van der Waals surface area (Å²) in [5.74, 6) is 0. The molecule has 0 amide bonds. The van der Waals surface area contributed by atoms with Gasteiger partial charge in [-0.2, -0.15) is 0 Å². The van der Waals surface area contributed by atoms with E-state index in [-0.39, 0.29) is 4.75 Å². The Morgan fingerprint density at radius 3 is 2.40 bits per heavy atom. The number of benzene rings is 1. The Balaban J connectivity index is 2.85. The fourth-order valence-electron chi connectivity index (χ4n) is 0.829. The van der Waals surface area contributed by atoms with Gasteiger partial charge < -0.3 is 4.55 Å². The molecule has 0 spiro atoms. The Morgan fingerprint density at radius 2 is 1.87 bits per heavy atom. The van der Waals surface area contributed by atoms with Crippen LogP contribution in [0.3, 0.4) is 0 Å². The van der Waals surface area contributed by atoms with E-state index in [9.17, 15) is 4.55 Å². The molecule has 84 valence electrons. The zero-order chi connectivity index (χ0) is 11.6. The highest BCUT2D eigenvalue weighted by atomic mass is 35.5. The molecule has 0 saturated carbocycles. The zero-order valence-electron chi connectivity index (χ0n) is 8.80. The molecule has 0 aliphatic carbocycles. The molecule has 15 heavy (non-hydrogen) atoms. The molecule has 0 aliphatic heterocycles. The Bertz CT molecular complexity index is 352. The Hall–Kier alpha value is -0.0900. The standard InChI is InChI=1S/C10H13Cl2NOS/c1-10(2,3)15(14)13-9-6-7(11)4-5-8(9)12/h4-6,13H,1-3H3/t15-/m1/s1. The van der Waals surface area contributed by atoms with Gasteiger partial charge in [-0.3, -0.25) is 0 Å². The van der Waals surface area contributed by atoms with Crippen molar-refractivity contribution in [2.75, 3.05) is 4.72 Å². The van der Waals surface area contributed by atoms with Gasteiger partial charge in [0.1, 0.15) is 10.4 Å². The largest absolute Gasteiger partial charge is 0.593 e. The van der Waals surface area contributed by atoms with Crippen LogP contribution in [0.15, 0.2) is 18.2 Å². The van der Waals surface area contributed by atoms with Gasteiger partial charge in [0, 0.05) is 5.02 Å². The summed E-state index contributed by atoms with van der Waals surface area (Å²) < 4.78 is 14.3. The first-order valence-electron chi connectivity index (χ1n) is 4.44. The van der Waals surface area contributed by atoms with Gasteiger partial charge in [-0.05, 0) is 39.0 Å². The second-order valence-electron chi connectivity index (χ2n) is 4.11. The van der Waals surface area contributed by atoms with Crippen molar-refractivity contribution < 1.29 is 4.55 Å². The van der Waals surface area contributed by atoms with E-state index in [2.05, 4.69) is 4.72 Å². The molecule has 0 fully saturated rings. The quantitative estimate of drug-likeness (QED) is 0.825. The minimum atomic E-state index is -1.20. The van der Waals surface area contributed by atoms with Crippen molar-refractivity contribution in [3.63, 3.8) is 0 Å². The second-order valence-corrected chi connectivity index (χ2v) is 6.92. The summed E-state index contributed by atoms with van der Waals surface area (Å²) in [5.41, 5.74) is 0.595. The summed E-state index contributed by atoms with van der Waals surface area (Å²) in [4.78, 5) is 0. The number of nitrogens with one attached hydrogen (secondary N) is 1. The van der Waals surface area contributed by atoms with Crippen LogP contribution >= 0.6 is 23.2 Å². The lowest BCUT2D eigenvalue weighted by atomic mass is 10.3. The molecule has 0 unspecified atom stereocenters. The third kappa shape index (κ3) is 3.76. The first-order chi connectivity index (χ1) is 6.80. The van der Waals surface area contributed by atoms with E-state index in [1.165, 1.54) is 0 Å². The molecular weight excluding hydrogens is 253 g/mol. The number of rotatable bonds is 2. The third-order valence-electron chi connectivity index (χ3n) is 1.69. The summed E-state index contributed by atoms with van der Waals surface area (Å²) in [7, 11) is 0. The van der Waals surface area contributed by atoms with Crippen LogP contribution in [0.5, 0.6) is 0 Å². The zero-order valence-corrected chi connectivity index (χ0v) is 11.1. The summed E-state index contributed by atoms with van der Waals surface area (Å²) in [6.45, 7) is 5.65. The third-order valence-corrected chi connectivity index (χ3v) is 3.77. The molecule has 1 N–H and O–H groups in total. The number of halogens is 2. The topological polar surface area (TPSA) is 35.1 Å². The Morgan fingerprint density at radius 1 is 1.27 bits per heavy atom. The number of anilines is 1. The molecule has 0 aromatic heterocycles. The highest BCUT2D eigenvalue weighted by Crippen LogP contribution is 2.28. The molecule has 2 nitrogen and oxygen atoms in total. The van der Waals surface area contributed by atoms with E-state index in [4.69, 9.17) is 23.2 Å². The predicted octanol–water partition coefficient (Wildman–Crippen LogP) is 3.87. The van der Waals surface area contributed by atoms with E-state index in [1.807, 2.05) is 20.8 Å². The van der Waals surface area contributed by atoms with Crippen molar-refractivity contribution in [1.82, 2.24) is 0 Å². The second kappa shape index (κ2) is 4.83. The van der Waals surface area contributed by atoms with E-state index >= 15 is 0 Å². The number of hydrogen-bond donors (Lipinski definition) is 1. The maximum absolute atomic E-state index is 11.8. The maximum Gasteiger partial charge on any atom is 0.142 e. The lowest BCUT2D eigenvalue weighted by Gasteiger charge is -2.24. The van der Waals surface area contributed by atoms with Crippen LogP contribution in [-0.2, 0) is 11.4 Å². The monoisotopic (exact) mass is 265 g/mol. The molecule has 0 aliphatic rings. The minimum Gasteiger partial charge on any atom is -0.593 e. The smallest absolute Gasteiger partial charge is 0.142 e. The molecule has 1 atom stereocenters. The van der Waals surface area contributed by atoms with Gasteiger partial charge in [-0.15, -0.1) is 0 Å². The van der Waals surface area contributed by atoms with Crippen LogP contribution in [0.2, 0.25) is 10.0 Å². The van der Waals surface area contributed by atoms with Crippen molar-refractivity contribution in [2.24, 2.45) is 0 Å². The van der Waals surface area contributed by atoms with Crippen LogP contribution in [0.25, 0.3) is 0 Å². The molecular formula is C10H13Cl2NOS. The van der Waals surface area contributed by atoms with Gasteiger partial charge in [-0.1, -0.05) is 23.2 Å². The maximum atomic E-state index is 11.8. The van der Waals surface area contributed by atoms with E-state index < -0.39 is 11.4 Å². The lowest BCUT2D eigenvalue weighted by Crippen LogP contribution is -2.33. The van der Waals surface area contributed by atoms with Crippen LogP contribution < -0.4 is 4.72 Å². The average molecular weight is 266 g/mol. The fourth-order valence-corrected chi connectivity index (χ4v) is 1.90. The molecule has 0 bridgehead atoms. The minimum absolute atomic E-state index is 0.342. The lowest BCUT2D eigenvalue weighted by molar-refractivity contribution is 0.565. The summed E-state index contributed by atoms with van der Waals surface area (Å²) in [5, 5.41) is 1.07. The van der Waals surface area contributed by atoms with Gasteiger partial charge in [0.2, 0.25) is 0 Å². The average Bonchev–Trinajstić information content (AvgIpc) is 2.09. The van der Waals surface area contributed by atoms with Crippen LogP contribution in [0.1, 0.15) is 20.8 Å². The van der Waals surface area contributed by atoms with Crippen LogP contribution in [0.4, 0.5) is 5.69 Å². The molecule has 1 aromatic carbocycles. The Labute approximate surface area is 103 Å². The highest BCUT2D eigenvalue weighted by molar-refractivity contribution is 7.94. The predicted molar refractivity (Wildman–Crippen MR) is 68.0 cm³/mol. The van der Waals surface area contributed by atoms with E-state index in [1.54, 1.807) is 18.2 Å². The molecule has 1 rings (SSSR count). The van der Waals surface area contributed by atoms with Crippen molar-refractivity contribution in [3.8, 4) is 0 Å². The fraction of sp³-hybridized carbons (Fsp3) is 0.400.